The lowest BCUT2D eigenvalue weighted by Gasteiger charge is -2.21. The molecular weight excluding hydrogens is 448 g/mol. The second-order valence-corrected chi connectivity index (χ2v) is 9.22. The van der Waals surface area contributed by atoms with Gasteiger partial charge in [-0.2, -0.15) is 0 Å². The van der Waals surface area contributed by atoms with Gasteiger partial charge in [-0.1, -0.05) is 13.8 Å². The summed E-state index contributed by atoms with van der Waals surface area (Å²) >= 11 is 1.05. The van der Waals surface area contributed by atoms with E-state index in [1.807, 2.05) is 18.7 Å². The van der Waals surface area contributed by atoms with Crippen molar-refractivity contribution in [3.8, 4) is 0 Å². The van der Waals surface area contributed by atoms with E-state index in [-0.39, 0.29) is 42.5 Å². The van der Waals surface area contributed by atoms with Crippen molar-refractivity contribution in [2.75, 3.05) is 58.3 Å². The summed E-state index contributed by atoms with van der Waals surface area (Å²) in [7, 11) is 1.50. The maximum atomic E-state index is 12.8. The van der Waals surface area contributed by atoms with Crippen LogP contribution in [0.5, 0.6) is 0 Å². The van der Waals surface area contributed by atoms with Crippen molar-refractivity contribution in [1.82, 2.24) is 15.1 Å². The third-order valence-electron chi connectivity index (χ3n) is 5.07. The minimum atomic E-state index is -0.581. The van der Waals surface area contributed by atoms with Crippen LogP contribution in [0.2, 0.25) is 0 Å². The van der Waals surface area contributed by atoms with E-state index in [0.29, 0.717) is 48.2 Å². The molecule has 3 amide bonds. The van der Waals surface area contributed by atoms with Gasteiger partial charge in [0.15, 0.2) is 0 Å². The number of amides is 3. The molecule has 0 spiro atoms. The van der Waals surface area contributed by atoms with Crippen molar-refractivity contribution in [1.29, 1.82) is 0 Å². The first kappa shape index (κ1) is 26.6. The molecule has 2 heterocycles. The molecular formula is C22H34N4O6S. The average molecular weight is 483 g/mol. The maximum absolute atomic E-state index is 12.8. The average Bonchev–Trinajstić information content (AvgIpc) is 2.92. The second-order valence-electron chi connectivity index (χ2n) is 8.20. The predicted molar refractivity (Wildman–Crippen MR) is 126 cm³/mol. The quantitative estimate of drug-likeness (QED) is 0.546. The van der Waals surface area contributed by atoms with Crippen molar-refractivity contribution in [2.45, 2.75) is 34.1 Å². The molecule has 0 radical (unpaired) electrons. The summed E-state index contributed by atoms with van der Waals surface area (Å²) in [5, 5.41) is 5.61. The van der Waals surface area contributed by atoms with Gasteiger partial charge in [0.05, 0.1) is 30.2 Å². The van der Waals surface area contributed by atoms with Gasteiger partial charge in [0.2, 0.25) is 5.91 Å². The number of nitrogens with zero attached hydrogens (tertiary/aromatic N) is 2. The Bertz CT molecular complexity index is 869. The topological polar surface area (TPSA) is 117 Å². The van der Waals surface area contributed by atoms with Crippen molar-refractivity contribution < 1.29 is 28.7 Å². The van der Waals surface area contributed by atoms with Crippen molar-refractivity contribution >= 4 is 40.2 Å². The van der Waals surface area contributed by atoms with E-state index >= 15 is 0 Å². The lowest BCUT2D eigenvalue weighted by molar-refractivity contribution is -0.117. The fourth-order valence-corrected chi connectivity index (χ4v) is 4.55. The number of nitrogens with one attached hydrogen (secondary N) is 2. The summed E-state index contributed by atoms with van der Waals surface area (Å²) in [6.45, 7) is 10.2. The maximum Gasteiger partial charge on any atom is 0.409 e. The standard InChI is InChI=1S/C22H34N4O6S/c1-6-31-21(29)17-15(4)18(19(28)23-5)33-20(17)24-16(27)12-25-8-7-9-26(11-10-25)22(30)32-13-14(2)3/h14H,6-13H2,1-5H3,(H,23,28)(H,24,27). The van der Waals surface area contributed by atoms with E-state index in [2.05, 4.69) is 10.6 Å². The highest BCUT2D eigenvalue weighted by Gasteiger charge is 2.27. The summed E-state index contributed by atoms with van der Waals surface area (Å²) in [5.74, 6) is -0.950. The summed E-state index contributed by atoms with van der Waals surface area (Å²) in [6, 6.07) is 0. The molecule has 0 unspecified atom stereocenters. The molecule has 2 rings (SSSR count). The van der Waals surface area contributed by atoms with Crippen LogP contribution in [0.3, 0.4) is 0 Å². The Kier molecular flexibility index (Phi) is 10.1. The summed E-state index contributed by atoms with van der Waals surface area (Å²) in [6.07, 6.45) is 0.390. The highest BCUT2D eigenvalue weighted by Crippen LogP contribution is 2.33. The number of carbonyl (C=O) groups is 4. The van der Waals surface area contributed by atoms with Crippen LogP contribution in [0.25, 0.3) is 0 Å². The molecule has 10 nitrogen and oxygen atoms in total. The van der Waals surface area contributed by atoms with E-state index in [0.717, 1.165) is 17.8 Å². The highest BCUT2D eigenvalue weighted by molar-refractivity contribution is 7.18. The molecule has 0 aliphatic carbocycles. The van der Waals surface area contributed by atoms with Crippen LogP contribution in [0.15, 0.2) is 0 Å². The minimum Gasteiger partial charge on any atom is -0.462 e. The van der Waals surface area contributed by atoms with Gasteiger partial charge in [-0.3, -0.25) is 14.5 Å². The molecule has 0 aromatic carbocycles. The Morgan fingerprint density at radius 2 is 1.82 bits per heavy atom. The number of ether oxygens (including phenoxy) is 2. The van der Waals surface area contributed by atoms with Gasteiger partial charge in [-0.05, 0) is 31.7 Å². The molecule has 0 saturated carbocycles. The molecule has 1 aliphatic heterocycles. The highest BCUT2D eigenvalue weighted by atomic mass is 32.1. The number of anilines is 1. The molecule has 1 aromatic heterocycles. The Morgan fingerprint density at radius 1 is 1.09 bits per heavy atom. The molecule has 1 aromatic rings. The van der Waals surface area contributed by atoms with E-state index in [1.165, 1.54) is 7.05 Å². The van der Waals surface area contributed by atoms with Crippen molar-refractivity contribution in [3.05, 3.63) is 16.0 Å². The molecule has 0 atom stereocenters. The van der Waals surface area contributed by atoms with Gasteiger partial charge in [0, 0.05) is 33.2 Å². The Balaban J connectivity index is 2.03. The van der Waals surface area contributed by atoms with Gasteiger partial charge in [-0.15, -0.1) is 11.3 Å². The van der Waals surface area contributed by atoms with E-state index in [1.54, 1.807) is 18.7 Å². The first-order chi connectivity index (χ1) is 15.7. The van der Waals surface area contributed by atoms with Crippen molar-refractivity contribution in [3.63, 3.8) is 0 Å². The van der Waals surface area contributed by atoms with Crippen LogP contribution < -0.4 is 10.6 Å². The van der Waals surface area contributed by atoms with Crippen LogP contribution in [-0.2, 0) is 14.3 Å². The van der Waals surface area contributed by atoms with Crippen LogP contribution in [0, 0.1) is 12.8 Å². The van der Waals surface area contributed by atoms with Crippen LogP contribution >= 0.6 is 11.3 Å². The SMILES string of the molecule is CCOC(=O)c1c(NC(=O)CN2CCCN(C(=O)OCC(C)C)CC2)sc(C(=O)NC)c1C. The molecule has 0 bridgehead atoms. The van der Waals surface area contributed by atoms with Gasteiger partial charge >= 0.3 is 12.1 Å². The zero-order valence-corrected chi connectivity index (χ0v) is 20.8. The Labute approximate surface area is 198 Å². The Morgan fingerprint density at radius 3 is 2.45 bits per heavy atom. The molecule has 1 saturated heterocycles. The molecule has 1 fully saturated rings. The summed E-state index contributed by atoms with van der Waals surface area (Å²) < 4.78 is 10.4. The lowest BCUT2D eigenvalue weighted by atomic mass is 10.1. The predicted octanol–water partition coefficient (Wildman–Crippen LogP) is 2.33. The molecule has 33 heavy (non-hydrogen) atoms. The van der Waals surface area contributed by atoms with Crippen molar-refractivity contribution in [2.24, 2.45) is 5.92 Å². The Hall–Kier alpha value is -2.66. The largest absolute Gasteiger partial charge is 0.462 e. The summed E-state index contributed by atoms with van der Waals surface area (Å²) in [5.41, 5.74) is 0.669. The fourth-order valence-electron chi connectivity index (χ4n) is 3.39. The van der Waals surface area contributed by atoms with Crippen LogP contribution in [-0.4, -0.2) is 86.7 Å². The zero-order chi connectivity index (χ0) is 24.5. The number of esters is 1. The second kappa shape index (κ2) is 12.5. The summed E-state index contributed by atoms with van der Waals surface area (Å²) in [4.78, 5) is 53.6. The van der Waals surface area contributed by atoms with Gasteiger partial charge in [0.1, 0.15) is 5.00 Å². The number of thiophene rings is 1. The molecule has 11 heteroatoms. The number of carbonyl (C=O) groups excluding carboxylic acids is 4. The van der Waals surface area contributed by atoms with Gasteiger partial charge in [-0.25, -0.2) is 9.59 Å². The number of hydrogen-bond donors (Lipinski definition) is 2. The third kappa shape index (κ3) is 7.43. The molecule has 184 valence electrons. The number of hydrogen-bond acceptors (Lipinski definition) is 8. The lowest BCUT2D eigenvalue weighted by Crippen LogP contribution is -2.38. The van der Waals surface area contributed by atoms with Crippen LogP contribution in [0.1, 0.15) is 52.8 Å². The molecule has 2 N–H and O–H groups in total. The number of rotatable bonds is 8. The van der Waals surface area contributed by atoms with Gasteiger partial charge in [0.25, 0.3) is 5.91 Å². The fraction of sp³-hybridized carbons (Fsp3) is 0.636. The zero-order valence-electron chi connectivity index (χ0n) is 20.0. The van der Waals surface area contributed by atoms with Crippen LogP contribution in [0.4, 0.5) is 9.80 Å². The third-order valence-corrected chi connectivity index (χ3v) is 6.27. The van der Waals surface area contributed by atoms with Gasteiger partial charge < -0.3 is 25.0 Å². The smallest absolute Gasteiger partial charge is 0.409 e. The van der Waals surface area contributed by atoms with E-state index in [9.17, 15) is 19.2 Å². The monoisotopic (exact) mass is 482 g/mol. The molecule has 1 aliphatic rings. The first-order valence-corrected chi connectivity index (χ1v) is 12.0. The first-order valence-electron chi connectivity index (χ1n) is 11.1. The normalized spacial score (nSPS) is 14.5. The minimum absolute atomic E-state index is 0.101. The van der Waals surface area contributed by atoms with E-state index < -0.39 is 5.97 Å². The van der Waals surface area contributed by atoms with E-state index in [4.69, 9.17) is 9.47 Å².